The number of rotatable bonds is 22. The molecule has 1 fully saturated rings. The van der Waals surface area contributed by atoms with Crippen molar-refractivity contribution in [2.75, 3.05) is 49.9 Å². The Morgan fingerprint density at radius 2 is 1.37 bits per heavy atom. The number of likely N-dealkylation sites (tertiary alicyclic amines) is 1. The molecule has 370 valence electrons. The van der Waals surface area contributed by atoms with Crippen molar-refractivity contribution in [3.8, 4) is 0 Å². The van der Waals surface area contributed by atoms with Gasteiger partial charge in [-0.3, -0.25) is 14.5 Å². The van der Waals surface area contributed by atoms with E-state index in [1.54, 1.807) is 36.4 Å². The van der Waals surface area contributed by atoms with Crippen LogP contribution in [0.1, 0.15) is 122 Å². The van der Waals surface area contributed by atoms with Crippen LogP contribution in [-0.2, 0) is 22.7 Å². The van der Waals surface area contributed by atoms with Gasteiger partial charge in [0.15, 0.2) is 0 Å². The van der Waals surface area contributed by atoms with Crippen molar-refractivity contribution in [3.63, 3.8) is 0 Å². The smallest absolute Gasteiger partial charge is 0.319 e. The maximum Gasteiger partial charge on any atom is 0.319 e. The highest BCUT2D eigenvalue weighted by Crippen LogP contribution is 2.28. The fraction of sp³-hybridized carbons (Fsp3) is 0.472. The highest BCUT2D eigenvalue weighted by molar-refractivity contribution is 6.36. The monoisotopic (exact) mass is 981 g/mol. The molecule has 5 rings (SSSR count). The van der Waals surface area contributed by atoms with Gasteiger partial charge in [-0.1, -0.05) is 163 Å². The lowest BCUT2D eigenvalue weighted by molar-refractivity contribution is -0.128. The molecule has 4 aromatic carbocycles. The van der Waals surface area contributed by atoms with Gasteiger partial charge in [-0.15, -0.1) is 0 Å². The van der Waals surface area contributed by atoms with Crippen LogP contribution < -0.4 is 31.9 Å². The SMILES string of the molecule is CC.CC.CC.CCCCCCCNCCC(NC(=O)CNC(=O)Nc1ccc(C(=N)CN2CCCC2)c(NCc2c(Cl)cccc2Cl)c1)C(=O)NCc1ccccc1.Cc1ccc(Cl)cc1. The zero-order chi connectivity index (χ0) is 49.8. The van der Waals surface area contributed by atoms with Crippen molar-refractivity contribution in [1.29, 1.82) is 5.41 Å². The van der Waals surface area contributed by atoms with Crippen molar-refractivity contribution in [1.82, 2.24) is 26.2 Å². The predicted octanol–water partition coefficient (Wildman–Crippen LogP) is 12.7. The molecule has 0 radical (unpaired) electrons. The topological polar surface area (TPSA) is 150 Å². The molecule has 0 aliphatic carbocycles. The van der Waals surface area contributed by atoms with Gasteiger partial charge in [0.2, 0.25) is 11.8 Å². The zero-order valence-electron chi connectivity index (χ0n) is 41.4. The average Bonchev–Trinajstić information content (AvgIpc) is 3.87. The summed E-state index contributed by atoms with van der Waals surface area (Å²) in [4.78, 5) is 41.4. The van der Waals surface area contributed by atoms with E-state index < -0.39 is 18.0 Å². The number of aryl methyl sites for hydroxylation is 1. The average molecular weight is 983 g/mol. The highest BCUT2D eigenvalue weighted by atomic mass is 35.5. The summed E-state index contributed by atoms with van der Waals surface area (Å²) in [6.07, 6.45) is 8.52. The molecule has 1 saturated heterocycles. The molecule has 1 aliphatic heterocycles. The molecule has 0 saturated carbocycles. The summed E-state index contributed by atoms with van der Waals surface area (Å²) in [7, 11) is 0. The number of hydrogen-bond acceptors (Lipinski definition) is 7. The van der Waals surface area contributed by atoms with Crippen molar-refractivity contribution in [2.24, 2.45) is 0 Å². The lowest BCUT2D eigenvalue weighted by Crippen LogP contribution is -2.50. The molecule has 0 bridgehead atoms. The normalized spacial score (nSPS) is 11.9. The van der Waals surface area contributed by atoms with E-state index in [1.807, 2.05) is 103 Å². The van der Waals surface area contributed by atoms with Crippen LogP contribution in [0.3, 0.4) is 0 Å². The van der Waals surface area contributed by atoms with E-state index in [0.717, 1.165) is 61.5 Å². The number of urea groups is 1. The van der Waals surface area contributed by atoms with E-state index in [9.17, 15) is 14.4 Å². The molecule has 1 heterocycles. The third kappa shape index (κ3) is 25.3. The number of unbranched alkanes of at least 4 members (excludes halogenated alkanes) is 4. The molecular weight excluding hydrogens is 903 g/mol. The molecule has 14 heteroatoms. The largest absolute Gasteiger partial charge is 0.380 e. The minimum absolute atomic E-state index is 0.287. The van der Waals surface area contributed by atoms with Crippen LogP contribution in [0.4, 0.5) is 16.2 Å². The quantitative estimate of drug-likeness (QED) is 0.0308. The summed E-state index contributed by atoms with van der Waals surface area (Å²) >= 11 is 18.5. The minimum Gasteiger partial charge on any atom is -0.380 e. The number of carbonyl (C=O) groups is 3. The van der Waals surface area contributed by atoms with Gasteiger partial charge in [-0.25, -0.2) is 4.79 Å². The standard InChI is InChI=1S/C40H54Cl2N8O3.C7H7Cl.3C2H6/c1-2-3-4-5-9-20-44-21-19-36(39(52)46-25-29-13-7-6-8-14-29)49-38(51)27-47-40(53)48-30-17-18-31(35(43)28-50-22-10-11-23-50)37(24-30)45-26-32-33(41)15-12-16-34(32)42;1-6-2-4-7(8)5-3-6;3*1-2/h6-8,12-18,24,36,43-45H,2-5,9-11,19-23,25-28H2,1H3,(H,46,52)(H,49,51)(H2,47,48,53);2-5H,1H3;3*1-2H3. The van der Waals surface area contributed by atoms with Gasteiger partial charge in [-0.2, -0.15) is 0 Å². The molecule has 1 unspecified atom stereocenters. The van der Waals surface area contributed by atoms with Crippen LogP contribution in [0.2, 0.25) is 15.1 Å². The summed E-state index contributed by atoms with van der Waals surface area (Å²) < 4.78 is 0. The number of amides is 4. The van der Waals surface area contributed by atoms with Crippen LogP contribution in [0, 0.1) is 12.3 Å². The van der Waals surface area contributed by atoms with E-state index in [4.69, 9.17) is 40.2 Å². The second-order valence-electron chi connectivity index (χ2n) is 15.2. The first kappa shape index (κ1) is 60.4. The van der Waals surface area contributed by atoms with Gasteiger partial charge < -0.3 is 37.3 Å². The van der Waals surface area contributed by atoms with Crippen LogP contribution >= 0.6 is 34.8 Å². The van der Waals surface area contributed by atoms with E-state index in [-0.39, 0.29) is 12.5 Å². The lowest BCUT2D eigenvalue weighted by atomic mass is 10.1. The number of nitrogens with zero attached hydrogens (tertiary/aromatic N) is 1. The number of benzene rings is 4. The van der Waals surface area contributed by atoms with Crippen LogP contribution in [0.25, 0.3) is 0 Å². The fourth-order valence-corrected chi connectivity index (χ4v) is 7.34. The first-order chi connectivity index (χ1) is 32.5. The van der Waals surface area contributed by atoms with Crippen LogP contribution in [-0.4, -0.2) is 73.8 Å². The van der Waals surface area contributed by atoms with Gasteiger partial charge >= 0.3 is 6.03 Å². The number of anilines is 2. The molecule has 7 N–H and O–H groups in total. The molecule has 11 nitrogen and oxygen atoms in total. The Bertz CT molecular complexity index is 1940. The first-order valence-electron chi connectivity index (χ1n) is 24.2. The Hall–Kier alpha value is -4.65. The summed E-state index contributed by atoms with van der Waals surface area (Å²) in [6.45, 7) is 20.4. The number of hydrogen-bond donors (Lipinski definition) is 7. The van der Waals surface area contributed by atoms with Gasteiger partial charge in [0.25, 0.3) is 0 Å². The third-order valence-electron chi connectivity index (χ3n) is 10.1. The Labute approximate surface area is 417 Å². The minimum atomic E-state index is -0.771. The molecular formula is C53H79Cl3N8O3. The maximum atomic E-state index is 13.2. The number of carbonyl (C=O) groups excluding carboxylic acids is 3. The third-order valence-corrected chi connectivity index (χ3v) is 11.1. The molecule has 1 atom stereocenters. The summed E-state index contributed by atoms with van der Waals surface area (Å²) in [5.41, 5.74) is 5.18. The van der Waals surface area contributed by atoms with Gasteiger partial charge in [-0.05, 0) is 107 Å². The predicted molar refractivity (Wildman–Crippen MR) is 286 cm³/mol. The molecule has 4 aromatic rings. The molecule has 1 aliphatic rings. The second kappa shape index (κ2) is 37.3. The molecule has 0 aromatic heterocycles. The van der Waals surface area contributed by atoms with E-state index in [1.165, 1.54) is 24.8 Å². The fourth-order valence-electron chi connectivity index (χ4n) is 6.68. The highest BCUT2D eigenvalue weighted by Gasteiger charge is 2.21. The van der Waals surface area contributed by atoms with Crippen LogP contribution in [0.15, 0.2) is 91.0 Å². The van der Waals surface area contributed by atoms with Gasteiger partial charge in [0, 0.05) is 57.2 Å². The first-order valence-corrected chi connectivity index (χ1v) is 25.4. The molecule has 0 spiro atoms. The molecule has 67 heavy (non-hydrogen) atoms. The lowest BCUT2D eigenvalue weighted by Gasteiger charge is -2.20. The van der Waals surface area contributed by atoms with E-state index in [2.05, 4.69) is 43.7 Å². The Morgan fingerprint density at radius 3 is 2.00 bits per heavy atom. The number of halogens is 3. The second-order valence-corrected chi connectivity index (χ2v) is 16.4. The van der Waals surface area contributed by atoms with Crippen molar-refractivity contribution in [2.45, 2.75) is 126 Å². The van der Waals surface area contributed by atoms with Crippen molar-refractivity contribution in [3.05, 3.63) is 128 Å². The number of nitrogens with one attached hydrogen (secondary N) is 7. The van der Waals surface area contributed by atoms with Crippen molar-refractivity contribution >= 4 is 69.7 Å². The molecule has 4 amide bonds. The summed E-state index contributed by atoms with van der Waals surface area (Å²) in [5, 5.41) is 28.6. The Balaban J connectivity index is 0.00000140. The summed E-state index contributed by atoms with van der Waals surface area (Å²) in [5.74, 6) is -0.769. The van der Waals surface area contributed by atoms with Gasteiger partial charge in [0.1, 0.15) is 6.04 Å². The zero-order valence-corrected chi connectivity index (χ0v) is 43.6. The Morgan fingerprint density at radius 1 is 0.731 bits per heavy atom. The van der Waals surface area contributed by atoms with Gasteiger partial charge in [0.05, 0.1) is 12.3 Å². The Kier molecular flexibility index (Phi) is 33.6. The van der Waals surface area contributed by atoms with Crippen LogP contribution in [0.5, 0.6) is 0 Å². The maximum absolute atomic E-state index is 13.2. The summed E-state index contributed by atoms with van der Waals surface area (Å²) in [6, 6.07) is 26.6. The van der Waals surface area contributed by atoms with E-state index in [0.29, 0.717) is 65.3 Å². The van der Waals surface area contributed by atoms with Crippen molar-refractivity contribution < 1.29 is 14.4 Å². The van der Waals surface area contributed by atoms with E-state index >= 15 is 0 Å².